The molecule has 43 heavy (non-hydrogen) atoms. The molecule has 1 N–H and O–H groups in total. The fourth-order valence-corrected chi connectivity index (χ4v) is 5.34. The minimum atomic E-state index is -4.97. The van der Waals surface area contributed by atoms with Crippen LogP contribution < -0.4 is 15.0 Å². The van der Waals surface area contributed by atoms with Gasteiger partial charge in [-0.15, -0.1) is 0 Å². The molecule has 1 aliphatic heterocycles. The third-order valence-corrected chi connectivity index (χ3v) is 7.51. The van der Waals surface area contributed by atoms with E-state index in [1.165, 1.54) is 18.2 Å². The number of pyridine rings is 1. The number of amides is 1. The number of anilines is 2. The van der Waals surface area contributed by atoms with Crippen molar-refractivity contribution in [2.24, 2.45) is 0 Å². The summed E-state index contributed by atoms with van der Waals surface area (Å²) in [7, 11) is 1.45. The molecular weight excluding hydrogens is 648 g/mol. The average Bonchev–Trinajstić information content (AvgIpc) is 2.95. The van der Waals surface area contributed by atoms with Crippen LogP contribution in [0.5, 0.6) is 5.88 Å². The highest BCUT2D eigenvalue weighted by Gasteiger charge is 2.39. The smallest absolute Gasteiger partial charge is 0.416 e. The molecule has 3 aromatic rings. The number of alkyl halides is 7. The van der Waals surface area contributed by atoms with E-state index in [9.17, 15) is 31.1 Å². The molecule has 1 aliphatic rings. The predicted octanol–water partition coefficient (Wildman–Crippen LogP) is 7.70. The minimum Gasteiger partial charge on any atom is -0.481 e. The monoisotopic (exact) mass is 675 g/mol. The molecule has 0 aliphatic carbocycles. The van der Waals surface area contributed by atoms with Crippen molar-refractivity contribution < 1.29 is 40.6 Å². The number of carbonyl (C=O) groups excluding carboxylic acids is 1. The van der Waals surface area contributed by atoms with Crippen LogP contribution in [0.15, 0.2) is 36.5 Å². The number of nitrogens with one attached hydrogen (secondary N) is 1. The highest BCUT2D eigenvalue weighted by atomic mass is 79.9. The first kappa shape index (κ1) is 32.3. The normalized spacial score (nSPS) is 16.9. The van der Waals surface area contributed by atoms with Gasteiger partial charge in [0.05, 0.1) is 48.0 Å². The molecule has 0 fully saturated rings. The zero-order chi connectivity index (χ0) is 31.5. The number of ether oxygens (including phenoxy) is 2. The number of aromatic nitrogens is 3. The topological polar surface area (TPSA) is 89.5 Å². The first-order valence-corrected chi connectivity index (χ1v) is 14.4. The quantitative estimate of drug-likeness (QED) is 0.193. The van der Waals surface area contributed by atoms with Gasteiger partial charge in [-0.2, -0.15) is 26.3 Å². The van der Waals surface area contributed by atoms with Crippen molar-refractivity contribution in [1.29, 1.82) is 0 Å². The van der Waals surface area contributed by atoms with Gasteiger partial charge < -0.3 is 14.8 Å². The van der Waals surface area contributed by atoms with Crippen molar-refractivity contribution in [3.8, 4) is 5.88 Å². The maximum atomic E-state index is 13.4. The molecule has 0 saturated heterocycles. The molecule has 1 amide bonds. The van der Waals surface area contributed by atoms with Crippen LogP contribution in [0, 0.1) is 0 Å². The first-order valence-electron chi connectivity index (χ1n) is 13.3. The summed E-state index contributed by atoms with van der Waals surface area (Å²) in [5.74, 6) is 0.383. The molecule has 1 aromatic carbocycles. The summed E-state index contributed by atoms with van der Waals surface area (Å²) < 4.78 is 91.2. The Labute approximate surface area is 252 Å². The van der Waals surface area contributed by atoms with E-state index in [0.29, 0.717) is 47.8 Å². The number of fused-ring (bicyclic) bond motifs is 1. The Hall–Kier alpha value is -3.62. The number of methoxy groups -OCH3 is 1. The van der Waals surface area contributed by atoms with Gasteiger partial charge in [-0.3, -0.25) is 4.90 Å². The zero-order valence-corrected chi connectivity index (χ0v) is 24.9. The summed E-state index contributed by atoms with van der Waals surface area (Å²) in [5, 5.41) is 3.41. The number of hydrogen-bond acceptors (Lipinski definition) is 7. The van der Waals surface area contributed by atoms with Crippen molar-refractivity contribution in [3.05, 3.63) is 70.2 Å². The number of benzene rings is 1. The second-order valence-electron chi connectivity index (χ2n) is 9.71. The molecule has 0 unspecified atom stereocenters. The second kappa shape index (κ2) is 12.9. The summed E-state index contributed by atoms with van der Waals surface area (Å²) in [6.07, 6.45) is -8.38. The van der Waals surface area contributed by atoms with Gasteiger partial charge in [0.2, 0.25) is 11.8 Å². The number of halogens is 7. The standard InChI is InChI=1S/C28H28BrF6N5O3/c1-4-19-12-21(24-22(6-7-23(39-24)42-3)40(19)26(41)43-5-2)38-25-36-14-16(13-29)20(37-25)10-15-8-17(27(30,31)32)11-18(9-15)28(33,34)35/h6-9,11,14,19,21H,4-5,10,12-13H2,1-3H3,(H,36,37,38)/t19-,21+/m1/s1. The van der Waals surface area contributed by atoms with E-state index in [1.807, 2.05) is 6.92 Å². The summed E-state index contributed by atoms with van der Waals surface area (Å²) >= 11 is 3.29. The van der Waals surface area contributed by atoms with Crippen LogP contribution in [0.25, 0.3) is 0 Å². The van der Waals surface area contributed by atoms with Crippen LogP contribution in [0.1, 0.15) is 66.4 Å². The van der Waals surface area contributed by atoms with Crippen molar-refractivity contribution in [1.82, 2.24) is 15.0 Å². The fraction of sp³-hybridized carbons (Fsp3) is 0.429. The Morgan fingerprint density at radius 1 is 1.07 bits per heavy atom. The largest absolute Gasteiger partial charge is 0.481 e. The summed E-state index contributed by atoms with van der Waals surface area (Å²) in [4.78, 5) is 27.8. The van der Waals surface area contributed by atoms with E-state index in [0.717, 1.165) is 0 Å². The summed E-state index contributed by atoms with van der Waals surface area (Å²) in [6, 6.07) is 3.97. The van der Waals surface area contributed by atoms with Crippen LogP contribution in [-0.4, -0.2) is 40.8 Å². The van der Waals surface area contributed by atoms with E-state index in [1.54, 1.807) is 19.1 Å². The van der Waals surface area contributed by atoms with Crippen LogP contribution >= 0.6 is 15.9 Å². The molecule has 0 radical (unpaired) electrons. The first-order chi connectivity index (χ1) is 20.3. The summed E-state index contributed by atoms with van der Waals surface area (Å²) in [5.41, 5.74) is -1.34. The highest BCUT2D eigenvalue weighted by molar-refractivity contribution is 9.08. The predicted molar refractivity (Wildman–Crippen MR) is 149 cm³/mol. The van der Waals surface area contributed by atoms with Gasteiger partial charge >= 0.3 is 18.4 Å². The van der Waals surface area contributed by atoms with Gasteiger partial charge in [-0.25, -0.2) is 19.7 Å². The van der Waals surface area contributed by atoms with Crippen molar-refractivity contribution in [3.63, 3.8) is 0 Å². The van der Waals surface area contributed by atoms with Crippen LogP contribution in [0.2, 0.25) is 0 Å². The Morgan fingerprint density at radius 2 is 1.74 bits per heavy atom. The van der Waals surface area contributed by atoms with Crippen LogP contribution in [0.3, 0.4) is 0 Å². The maximum Gasteiger partial charge on any atom is 0.416 e. The highest BCUT2D eigenvalue weighted by Crippen LogP contribution is 2.40. The average molecular weight is 676 g/mol. The molecule has 4 rings (SSSR count). The third kappa shape index (κ3) is 7.31. The molecule has 0 spiro atoms. The Balaban J connectivity index is 1.72. The number of hydrogen-bond donors (Lipinski definition) is 1. The van der Waals surface area contributed by atoms with E-state index >= 15 is 0 Å². The molecule has 2 aromatic heterocycles. The van der Waals surface area contributed by atoms with E-state index in [-0.39, 0.29) is 47.7 Å². The molecule has 8 nitrogen and oxygen atoms in total. The van der Waals surface area contributed by atoms with E-state index < -0.39 is 35.6 Å². The van der Waals surface area contributed by atoms with Crippen LogP contribution in [-0.2, 0) is 28.8 Å². The lowest BCUT2D eigenvalue weighted by Crippen LogP contribution is -2.46. The Bertz CT molecular complexity index is 1440. The second-order valence-corrected chi connectivity index (χ2v) is 10.3. The molecule has 232 valence electrons. The van der Waals surface area contributed by atoms with E-state index in [2.05, 4.69) is 36.2 Å². The van der Waals surface area contributed by atoms with Crippen LogP contribution in [0.4, 0.5) is 42.8 Å². The maximum absolute atomic E-state index is 13.4. The van der Waals surface area contributed by atoms with Gasteiger partial charge in [0.25, 0.3) is 0 Å². The Morgan fingerprint density at radius 3 is 2.30 bits per heavy atom. The van der Waals surface area contributed by atoms with Gasteiger partial charge in [-0.05, 0) is 49.6 Å². The number of carbonyl (C=O) groups is 1. The molecule has 2 atom stereocenters. The molecule has 15 heteroatoms. The van der Waals surface area contributed by atoms with Gasteiger partial charge in [-0.1, -0.05) is 22.9 Å². The molecular formula is C28H28BrF6N5O3. The fourth-order valence-electron chi connectivity index (χ4n) is 4.87. The zero-order valence-electron chi connectivity index (χ0n) is 23.3. The SMILES string of the molecule is CCOC(=O)N1c2ccc(OC)nc2[C@@H](Nc2ncc(CBr)c(Cc3cc(C(F)(F)F)cc(C(F)(F)F)c3)n2)C[C@H]1CC. The molecule has 3 heterocycles. The summed E-state index contributed by atoms with van der Waals surface area (Å²) in [6.45, 7) is 3.80. The van der Waals surface area contributed by atoms with Gasteiger partial charge in [0.1, 0.15) is 0 Å². The lowest BCUT2D eigenvalue weighted by Gasteiger charge is -2.39. The van der Waals surface area contributed by atoms with E-state index in [4.69, 9.17) is 9.47 Å². The minimum absolute atomic E-state index is 0.0859. The third-order valence-electron chi connectivity index (χ3n) is 6.90. The number of nitrogens with zero attached hydrogens (tertiary/aromatic N) is 4. The van der Waals surface area contributed by atoms with Gasteiger partial charge in [0, 0.05) is 35.6 Å². The molecule has 0 bridgehead atoms. The van der Waals surface area contributed by atoms with Crippen molar-refractivity contribution in [2.45, 2.75) is 62.9 Å². The van der Waals surface area contributed by atoms with Crippen molar-refractivity contribution >= 4 is 33.7 Å². The lowest BCUT2D eigenvalue weighted by atomic mass is 9.93. The Kier molecular flexibility index (Phi) is 9.72. The van der Waals surface area contributed by atoms with Gasteiger partial charge in [0.15, 0.2) is 0 Å². The number of rotatable bonds is 8. The molecule has 0 saturated carbocycles. The lowest BCUT2D eigenvalue weighted by molar-refractivity contribution is -0.143. The van der Waals surface area contributed by atoms with Crippen molar-refractivity contribution in [2.75, 3.05) is 23.9 Å².